The third-order valence-electron chi connectivity index (χ3n) is 3.90. The van der Waals surface area contributed by atoms with Gasteiger partial charge in [0, 0.05) is 18.1 Å². The molecular formula is C15H18BrN3O. The number of hydrogen-bond donors (Lipinski definition) is 0. The number of para-hydroxylation sites is 1. The van der Waals surface area contributed by atoms with Crippen LogP contribution in [0.3, 0.4) is 0 Å². The number of benzene rings is 1. The summed E-state index contributed by atoms with van der Waals surface area (Å²) in [4.78, 5) is 16.3. The zero-order valence-electron chi connectivity index (χ0n) is 11.9. The van der Waals surface area contributed by atoms with E-state index < -0.39 is 6.04 Å². The van der Waals surface area contributed by atoms with E-state index in [4.69, 9.17) is 5.26 Å². The molecule has 1 aromatic rings. The zero-order valence-corrected chi connectivity index (χ0v) is 13.5. The van der Waals surface area contributed by atoms with E-state index in [-0.39, 0.29) is 17.9 Å². The smallest absolute Gasteiger partial charge is 0.246 e. The molecule has 20 heavy (non-hydrogen) atoms. The molecule has 5 heteroatoms. The summed E-state index contributed by atoms with van der Waals surface area (Å²) in [5.74, 6) is -0.00134. The molecule has 0 radical (unpaired) electrons. The van der Waals surface area contributed by atoms with Gasteiger partial charge in [0.25, 0.3) is 0 Å². The molecule has 1 fully saturated rings. The van der Waals surface area contributed by atoms with E-state index in [0.29, 0.717) is 6.54 Å². The lowest BCUT2D eigenvalue weighted by Crippen LogP contribution is -2.65. The Balaban J connectivity index is 2.45. The molecule has 1 aliphatic rings. The molecule has 4 nitrogen and oxygen atoms in total. The summed E-state index contributed by atoms with van der Waals surface area (Å²) in [6, 6.07) is 9.52. The summed E-state index contributed by atoms with van der Waals surface area (Å²) >= 11 is 3.53. The fourth-order valence-corrected chi connectivity index (χ4v) is 3.02. The molecule has 0 saturated carbocycles. The van der Waals surface area contributed by atoms with Gasteiger partial charge in [-0.1, -0.05) is 12.1 Å². The normalized spacial score (nSPS) is 21.8. The van der Waals surface area contributed by atoms with Crippen LogP contribution in [0.15, 0.2) is 28.7 Å². The second-order valence-electron chi connectivity index (χ2n) is 5.67. The molecule has 0 aromatic heterocycles. The summed E-state index contributed by atoms with van der Waals surface area (Å²) in [7, 11) is 1.81. The van der Waals surface area contributed by atoms with Crippen molar-refractivity contribution in [2.24, 2.45) is 0 Å². The van der Waals surface area contributed by atoms with Gasteiger partial charge in [0.15, 0.2) is 0 Å². The van der Waals surface area contributed by atoms with Gasteiger partial charge in [-0.15, -0.1) is 0 Å². The largest absolute Gasteiger partial charge is 0.355 e. The molecule has 2 rings (SSSR count). The molecule has 1 unspecified atom stereocenters. The van der Waals surface area contributed by atoms with Crippen LogP contribution >= 0.6 is 15.9 Å². The first-order valence-corrected chi connectivity index (χ1v) is 7.33. The quantitative estimate of drug-likeness (QED) is 0.834. The predicted molar refractivity (Wildman–Crippen MR) is 82.4 cm³/mol. The molecule has 0 bridgehead atoms. The lowest BCUT2D eigenvalue weighted by atomic mass is 9.94. The van der Waals surface area contributed by atoms with Gasteiger partial charge in [-0.3, -0.25) is 4.79 Å². The number of carbonyl (C=O) groups excluding carboxylic acids is 1. The maximum absolute atomic E-state index is 12.5. The first-order chi connectivity index (χ1) is 9.38. The molecule has 1 saturated heterocycles. The second kappa shape index (κ2) is 5.45. The lowest BCUT2D eigenvalue weighted by molar-refractivity contribution is -0.138. The Morgan fingerprint density at radius 2 is 2.10 bits per heavy atom. The molecule has 1 heterocycles. The highest BCUT2D eigenvalue weighted by atomic mass is 79.9. The molecule has 1 aliphatic heterocycles. The molecule has 1 amide bonds. The Hall–Kier alpha value is -1.54. The van der Waals surface area contributed by atoms with Crippen LogP contribution in [0.5, 0.6) is 0 Å². The number of halogens is 1. The Morgan fingerprint density at radius 1 is 1.45 bits per heavy atom. The number of carbonyl (C=O) groups is 1. The maximum atomic E-state index is 12.5. The predicted octanol–water partition coefficient (Wildman–Crippen LogP) is 2.79. The van der Waals surface area contributed by atoms with Gasteiger partial charge in [-0.2, -0.15) is 5.26 Å². The lowest BCUT2D eigenvalue weighted by Gasteiger charge is -2.49. The summed E-state index contributed by atoms with van der Waals surface area (Å²) in [5.41, 5.74) is 0.695. The monoisotopic (exact) mass is 335 g/mol. The van der Waals surface area contributed by atoms with Crippen LogP contribution in [0.1, 0.15) is 20.3 Å². The van der Waals surface area contributed by atoms with E-state index in [2.05, 4.69) is 22.0 Å². The minimum absolute atomic E-state index is 0.00134. The molecular weight excluding hydrogens is 318 g/mol. The first kappa shape index (κ1) is 14.9. The van der Waals surface area contributed by atoms with Crippen molar-refractivity contribution in [1.29, 1.82) is 5.26 Å². The number of piperazine rings is 1. The van der Waals surface area contributed by atoms with Crippen molar-refractivity contribution >= 4 is 27.5 Å². The zero-order chi connectivity index (χ0) is 14.9. The number of nitriles is 1. The van der Waals surface area contributed by atoms with Crippen molar-refractivity contribution in [3.8, 4) is 6.07 Å². The summed E-state index contributed by atoms with van der Waals surface area (Å²) < 4.78 is 0.941. The Bertz CT molecular complexity index is 564. The fraction of sp³-hybridized carbons (Fsp3) is 0.467. The second-order valence-corrected chi connectivity index (χ2v) is 6.52. The van der Waals surface area contributed by atoms with Crippen molar-refractivity contribution in [2.75, 3.05) is 18.5 Å². The van der Waals surface area contributed by atoms with Gasteiger partial charge < -0.3 is 9.80 Å². The van der Waals surface area contributed by atoms with Gasteiger partial charge >= 0.3 is 0 Å². The van der Waals surface area contributed by atoms with Crippen LogP contribution in [0, 0.1) is 11.3 Å². The van der Waals surface area contributed by atoms with Crippen LogP contribution in [0.2, 0.25) is 0 Å². The highest BCUT2D eigenvalue weighted by molar-refractivity contribution is 9.10. The van der Waals surface area contributed by atoms with Crippen LogP contribution in [0.4, 0.5) is 5.69 Å². The molecule has 0 aliphatic carbocycles. The van der Waals surface area contributed by atoms with Crippen LogP contribution in [-0.4, -0.2) is 36.0 Å². The first-order valence-electron chi connectivity index (χ1n) is 6.54. The summed E-state index contributed by atoms with van der Waals surface area (Å²) in [5, 5.41) is 9.03. The third-order valence-corrected chi connectivity index (χ3v) is 4.57. The average Bonchev–Trinajstić information content (AvgIpc) is 2.40. The van der Waals surface area contributed by atoms with E-state index in [0.717, 1.165) is 10.2 Å². The Labute approximate surface area is 128 Å². The van der Waals surface area contributed by atoms with Crippen LogP contribution in [0.25, 0.3) is 0 Å². The van der Waals surface area contributed by atoms with Crippen LogP contribution in [-0.2, 0) is 4.79 Å². The van der Waals surface area contributed by atoms with E-state index in [1.54, 1.807) is 4.90 Å². The topological polar surface area (TPSA) is 47.3 Å². The molecule has 1 atom stereocenters. The Morgan fingerprint density at radius 3 is 2.70 bits per heavy atom. The van der Waals surface area contributed by atoms with E-state index >= 15 is 0 Å². The van der Waals surface area contributed by atoms with E-state index in [1.165, 1.54) is 0 Å². The van der Waals surface area contributed by atoms with Crippen LogP contribution < -0.4 is 4.90 Å². The van der Waals surface area contributed by atoms with Gasteiger partial charge in [-0.05, 0) is 41.9 Å². The highest BCUT2D eigenvalue weighted by Gasteiger charge is 2.43. The number of hydrogen-bond acceptors (Lipinski definition) is 3. The Kier molecular flexibility index (Phi) is 4.05. The molecule has 106 valence electrons. The standard InChI is InChI=1S/C15H18BrN3O/c1-15(2)10-19(12-7-5-4-6-11(12)16)13(8-9-17)14(20)18(15)3/h4-7,13H,8,10H2,1-3H3. The number of likely N-dealkylation sites (N-methyl/N-ethyl adjacent to an activating group) is 1. The van der Waals surface area contributed by atoms with E-state index in [1.807, 2.05) is 50.1 Å². The fourth-order valence-electron chi connectivity index (χ4n) is 2.51. The summed E-state index contributed by atoms with van der Waals surface area (Å²) in [6.07, 6.45) is 0.195. The van der Waals surface area contributed by atoms with Gasteiger partial charge in [0.05, 0.1) is 23.7 Å². The molecule has 0 N–H and O–H groups in total. The minimum Gasteiger partial charge on any atom is -0.355 e. The van der Waals surface area contributed by atoms with Crippen molar-refractivity contribution in [2.45, 2.75) is 31.8 Å². The SMILES string of the molecule is CN1C(=O)C(CC#N)N(c2ccccc2Br)CC1(C)C. The van der Waals surface area contributed by atoms with Gasteiger partial charge in [0.1, 0.15) is 6.04 Å². The van der Waals surface area contributed by atoms with Gasteiger partial charge in [0.2, 0.25) is 5.91 Å². The average molecular weight is 336 g/mol. The number of amides is 1. The maximum Gasteiger partial charge on any atom is 0.246 e. The molecule has 1 aromatic carbocycles. The molecule has 0 spiro atoms. The van der Waals surface area contributed by atoms with Crippen molar-refractivity contribution in [1.82, 2.24) is 4.90 Å². The van der Waals surface area contributed by atoms with Crippen molar-refractivity contribution < 1.29 is 4.79 Å². The highest BCUT2D eigenvalue weighted by Crippen LogP contribution is 2.34. The number of rotatable bonds is 2. The third kappa shape index (κ3) is 2.53. The summed E-state index contributed by atoms with van der Waals surface area (Å²) in [6.45, 7) is 4.78. The van der Waals surface area contributed by atoms with E-state index in [9.17, 15) is 4.79 Å². The number of anilines is 1. The van der Waals surface area contributed by atoms with Gasteiger partial charge in [-0.25, -0.2) is 0 Å². The van der Waals surface area contributed by atoms with Crippen molar-refractivity contribution in [3.05, 3.63) is 28.7 Å². The minimum atomic E-state index is -0.420. The van der Waals surface area contributed by atoms with Crippen molar-refractivity contribution in [3.63, 3.8) is 0 Å². The number of nitrogens with zero attached hydrogens (tertiary/aromatic N) is 3.